The Bertz CT molecular complexity index is 332. The molecule has 2 nitrogen and oxygen atoms in total. The summed E-state index contributed by atoms with van der Waals surface area (Å²) in [6, 6.07) is 6.93. The maximum absolute atomic E-state index is 12.7. The third-order valence-corrected chi connectivity index (χ3v) is 2.57. The zero-order valence-electron chi connectivity index (χ0n) is 8.15. The van der Waals surface area contributed by atoms with Crippen molar-refractivity contribution in [2.24, 2.45) is 4.99 Å². The van der Waals surface area contributed by atoms with E-state index in [2.05, 4.69) is 16.8 Å². The predicted octanol–water partition coefficient (Wildman–Crippen LogP) is 2.23. The van der Waals surface area contributed by atoms with Gasteiger partial charge < -0.3 is 4.90 Å². The van der Waals surface area contributed by atoms with Gasteiger partial charge in [-0.2, -0.15) is 0 Å². The molecule has 0 aliphatic carbocycles. The molecular weight excluding hydrogens is 179 g/mol. The Morgan fingerprint density at radius 2 is 2.07 bits per heavy atom. The first kappa shape index (κ1) is 9.19. The highest BCUT2D eigenvalue weighted by Crippen LogP contribution is 2.20. The van der Waals surface area contributed by atoms with Crippen LogP contribution in [0.15, 0.2) is 29.3 Å². The van der Waals surface area contributed by atoms with Crippen molar-refractivity contribution in [3.05, 3.63) is 35.6 Å². The SMILES string of the molecule is CC(c1ccc(F)cc1)N1C=NCC1. The Hall–Kier alpha value is -1.38. The lowest BCUT2D eigenvalue weighted by atomic mass is 10.1. The summed E-state index contributed by atoms with van der Waals surface area (Å²) in [5.41, 5.74) is 1.12. The number of hydrogen-bond acceptors (Lipinski definition) is 2. The molecule has 14 heavy (non-hydrogen) atoms. The van der Waals surface area contributed by atoms with Gasteiger partial charge in [0.2, 0.25) is 0 Å². The fourth-order valence-corrected chi connectivity index (χ4v) is 1.62. The van der Waals surface area contributed by atoms with Crippen LogP contribution in [-0.2, 0) is 0 Å². The number of rotatable bonds is 2. The summed E-state index contributed by atoms with van der Waals surface area (Å²) >= 11 is 0. The van der Waals surface area contributed by atoms with Crippen LogP contribution in [-0.4, -0.2) is 24.3 Å². The van der Waals surface area contributed by atoms with Gasteiger partial charge in [0, 0.05) is 6.54 Å². The van der Waals surface area contributed by atoms with Crippen LogP contribution in [0.1, 0.15) is 18.5 Å². The molecule has 1 aliphatic rings. The van der Waals surface area contributed by atoms with E-state index >= 15 is 0 Å². The zero-order chi connectivity index (χ0) is 9.97. The van der Waals surface area contributed by atoms with Crippen molar-refractivity contribution in [1.29, 1.82) is 0 Å². The molecule has 0 aromatic heterocycles. The molecule has 0 radical (unpaired) electrons. The molecule has 1 aromatic rings. The van der Waals surface area contributed by atoms with Crippen molar-refractivity contribution >= 4 is 6.34 Å². The second kappa shape index (κ2) is 3.78. The highest BCUT2D eigenvalue weighted by atomic mass is 19.1. The summed E-state index contributed by atoms with van der Waals surface area (Å²) in [7, 11) is 0. The molecule has 2 rings (SSSR count). The van der Waals surface area contributed by atoms with Crippen molar-refractivity contribution in [2.45, 2.75) is 13.0 Å². The van der Waals surface area contributed by atoms with Crippen LogP contribution in [0.4, 0.5) is 4.39 Å². The molecule has 0 saturated heterocycles. The average Bonchev–Trinajstić information content (AvgIpc) is 2.71. The van der Waals surface area contributed by atoms with E-state index in [1.165, 1.54) is 12.1 Å². The Morgan fingerprint density at radius 1 is 1.36 bits per heavy atom. The average molecular weight is 192 g/mol. The van der Waals surface area contributed by atoms with Crippen LogP contribution in [0.3, 0.4) is 0 Å². The summed E-state index contributed by atoms with van der Waals surface area (Å²) in [6.45, 7) is 3.93. The zero-order valence-corrected chi connectivity index (χ0v) is 8.15. The van der Waals surface area contributed by atoms with Crippen LogP contribution in [0.2, 0.25) is 0 Å². The van der Waals surface area contributed by atoms with E-state index in [-0.39, 0.29) is 11.9 Å². The third-order valence-electron chi connectivity index (χ3n) is 2.57. The minimum absolute atomic E-state index is 0.184. The predicted molar refractivity (Wildman–Crippen MR) is 54.9 cm³/mol. The van der Waals surface area contributed by atoms with E-state index in [0.29, 0.717) is 0 Å². The second-order valence-corrected chi connectivity index (χ2v) is 3.49. The minimum atomic E-state index is -0.184. The molecule has 0 spiro atoms. The molecule has 1 heterocycles. The number of benzene rings is 1. The Morgan fingerprint density at radius 3 is 2.64 bits per heavy atom. The van der Waals surface area contributed by atoms with Crippen molar-refractivity contribution < 1.29 is 4.39 Å². The molecule has 0 saturated carbocycles. The Balaban J connectivity index is 2.14. The van der Waals surface area contributed by atoms with Crippen LogP contribution in [0.25, 0.3) is 0 Å². The molecule has 1 atom stereocenters. The standard InChI is InChI=1S/C11H13FN2/c1-9(14-7-6-13-8-14)10-2-4-11(12)5-3-10/h2-5,8-9H,6-7H2,1H3. The molecule has 1 aliphatic heterocycles. The lowest BCUT2D eigenvalue weighted by Crippen LogP contribution is -2.23. The van der Waals surface area contributed by atoms with Crippen LogP contribution in [0.5, 0.6) is 0 Å². The molecular formula is C11H13FN2. The van der Waals surface area contributed by atoms with Crippen LogP contribution in [0, 0.1) is 5.82 Å². The molecule has 0 fully saturated rings. The molecule has 74 valence electrons. The highest BCUT2D eigenvalue weighted by molar-refractivity contribution is 5.58. The van der Waals surface area contributed by atoms with E-state index in [1.54, 1.807) is 0 Å². The quantitative estimate of drug-likeness (QED) is 0.701. The van der Waals surface area contributed by atoms with Crippen molar-refractivity contribution in [1.82, 2.24) is 4.90 Å². The summed E-state index contributed by atoms with van der Waals surface area (Å²) in [4.78, 5) is 6.32. The molecule has 0 N–H and O–H groups in total. The number of aliphatic imine (C=N–C) groups is 1. The second-order valence-electron chi connectivity index (χ2n) is 3.49. The smallest absolute Gasteiger partial charge is 0.123 e. The van der Waals surface area contributed by atoms with Crippen LogP contribution >= 0.6 is 0 Å². The van der Waals surface area contributed by atoms with Crippen molar-refractivity contribution in [3.63, 3.8) is 0 Å². The van der Waals surface area contributed by atoms with Gasteiger partial charge in [-0.3, -0.25) is 4.99 Å². The molecule has 1 aromatic carbocycles. The Kier molecular flexibility index (Phi) is 2.48. The molecule has 0 bridgehead atoms. The van der Waals surface area contributed by atoms with Crippen molar-refractivity contribution in [2.75, 3.05) is 13.1 Å². The normalized spacial score (nSPS) is 17.4. The van der Waals surface area contributed by atoms with Gasteiger partial charge in [-0.05, 0) is 24.6 Å². The van der Waals surface area contributed by atoms with Gasteiger partial charge in [0.1, 0.15) is 5.82 Å². The van der Waals surface area contributed by atoms with E-state index in [9.17, 15) is 4.39 Å². The summed E-state index contributed by atoms with van der Waals surface area (Å²) in [5.74, 6) is -0.184. The Labute approximate surface area is 83.1 Å². The van der Waals surface area contributed by atoms with E-state index in [0.717, 1.165) is 18.7 Å². The topological polar surface area (TPSA) is 15.6 Å². The minimum Gasteiger partial charge on any atom is -0.354 e. The largest absolute Gasteiger partial charge is 0.354 e. The first-order valence-electron chi connectivity index (χ1n) is 4.78. The monoisotopic (exact) mass is 192 g/mol. The first-order chi connectivity index (χ1) is 6.77. The number of hydrogen-bond donors (Lipinski definition) is 0. The molecule has 3 heteroatoms. The molecule has 1 unspecified atom stereocenters. The van der Waals surface area contributed by atoms with Crippen LogP contribution < -0.4 is 0 Å². The van der Waals surface area contributed by atoms with E-state index in [1.807, 2.05) is 18.5 Å². The summed E-state index contributed by atoms with van der Waals surface area (Å²) < 4.78 is 12.7. The maximum Gasteiger partial charge on any atom is 0.123 e. The van der Waals surface area contributed by atoms with Gasteiger partial charge in [-0.15, -0.1) is 0 Å². The number of halogens is 1. The van der Waals surface area contributed by atoms with Gasteiger partial charge in [0.05, 0.1) is 18.9 Å². The first-order valence-corrected chi connectivity index (χ1v) is 4.78. The van der Waals surface area contributed by atoms with Gasteiger partial charge >= 0.3 is 0 Å². The number of nitrogens with zero attached hydrogens (tertiary/aromatic N) is 2. The fraction of sp³-hybridized carbons (Fsp3) is 0.364. The maximum atomic E-state index is 12.7. The fourth-order valence-electron chi connectivity index (χ4n) is 1.62. The molecule has 0 amide bonds. The lowest BCUT2D eigenvalue weighted by molar-refractivity contribution is 0.375. The van der Waals surface area contributed by atoms with E-state index in [4.69, 9.17) is 0 Å². The third kappa shape index (κ3) is 1.76. The van der Waals surface area contributed by atoms with Crippen molar-refractivity contribution in [3.8, 4) is 0 Å². The van der Waals surface area contributed by atoms with Gasteiger partial charge in [0.15, 0.2) is 0 Å². The summed E-state index contributed by atoms with van der Waals surface area (Å²) in [5, 5.41) is 0. The summed E-state index contributed by atoms with van der Waals surface area (Å²) in [6.07, 6.45) is 1.87. The van der Waals surface area contributed by atoms with E-state index < -0.39 is 0 Å². The highest BCUT2D eigenvalue weighted by Gasteiger charge is 2.14. The lowest BCUT2D eigenvalue weighted by Gasteiger charge is -2.23. The van der Waals surface area contributed by atoms with Gasteiger partial charge in [-0.25, -0.2) is 4.39 Å². The van der Waals surface area contributed by atoms with Gasteiger partial charge in [0.25, 0.3) is 0 Å². The van der Waals surface area contributed by atoms with Gasteiger partial charge in [-0.1, -0.05) is 12.1 Å².